The summed E-state index contributed by atoms with van der Waals surface area (Å²) in [5.74, 6) is 0.938. The molecule has 10 nitrogen and oxygen atoms in total. The maximum atomic E-state index is 13.1. The van der Waals surface area contributed by atoms with Crippen molar-refractivity contribution in [1.82, 2.24) is 24.8 Å². The molecule has 5 aromatic rings. The Morgan fingerprint density at radius 3 is 2.53 bits per heavy atom. The summed E-state index contributed by atoms with van der Waals surface area (Å²) in [6.45, 7) is 5.39. The van der Waals surface area contributed by atoms with E-state index in [1.54, 1.807) is 13.1 Å². The Bertz CT molecular complexity index is 2240. The number of carbonyl (C=O) groups excluding carboxylic acids is 1. The van der Waals surface area contributed by atoms with E-state index in [1.807, 2.05) is 30.3 Å². The fraction of sp³-hybridized carbons (Fsp3) is 0.436. The fourth-order valence-electron chi connectivity index (χ4n) is 8.95. The number of piperidine rings is 1. The van der Waals surface area contributed by atoms with Crippen LogP contribution in [0.3, 0.4) is 0 Å². The lowest BCUT2D eigenvalue weighted by molar-refractivity contribution is -0.171. The molecule has 5 N–H and O–H groups in total. The number of alkyl halides is 3. The number of nitrogens with zero attached hydrogens (tertiary/aromatic N) is 5. The molecular weight excluding hydrogens is 700 g/mol. The normalized spacial score (nSPS) is 21.6. The maximum absolute atomic E-state index is 13.1. The summed E-state index contributed by atoms with van der Waals surface area (Å²) in [6.07, 6.45) is -0.540. The van der Waals surface area contributed by atoms with E-state index in [1.165, 1.54) is 11.1 Å². The molecule has 0 radical (unpaired) electrons. The van der Waals surface area contributed by atoms with Gasteiger partial charge < -0.3 is 26.3 Å². The Kier molecular flexibility index (Phi) is 8.77. The number of hydrogen-bond donors (Lipinski definition) is 4. The minimum Gasteiger partial charge on any atom is -0.398 e. The van der Waals surface area contributed by atoms with Gasteiger partial charge in [0.2, 0.25) is 11.9 Å². The first-order chi connectivity index (χ1) is 25.3. The van der Waals surface area contributed by atoms with Gasteiger partial charge in [0.1, 0.15) is 22.4 Å². The summed E-state index contributed by atoms with van der Waals surface area (Å²) in [5, 5.41) is 21.6. The summed E-state index contributed by atoms with van der Waals surface area (Å²) in [5.41, 5.74) is 11.6. The molecule has 53 heavy (non-hydrogen) atoms. The van der Waals surface area contributed by atoms with Crippen molar-refractivity contribution in [2.75, 3.05) is 36.5 Å². The molecule has 9 rings (SSSR count). The average Bonchev–Trinajstić information content (AvgIpc) is 3.66. The molecule has 0 spiro atoms. The zero-order valence-corrected chi connectivity index (χ0v) is 30.6. The summed E-state index contributed by atoms with van der Waals surface area (Å²) in [7, 11) is 1.70. The van der Waals surface area contributed by atoms with Crippen LogP contribution in [-0.2, 0) is 30.7 Å². The highest BCUT2D eigenvalue weighted by atomic mass is 32.1. The number of anilines is 3. The highest BCUT2D eigenvalue weighted by Crippen LogP contribution is 2.68. The number of aryl methyl sites for hydroxylation is 1. The van der Waals surface area contributed by atoms with E-state index in [2.05, 4.69) is 60.5 Å². The number of nitrogens with one attached hydrogen (secondary N) is 3. The molecule has 3 saturated carbocycles. The van der Waals surface area contributed by atoms with E-state index in [0.29, 0.717) is 33.4 Å². The van der Waals surface area contributed by atoms with Crippen molar-refractivity contribution in [1.29, 1.82) is 5.26 Å². The number of aromatic nitrogens is 3. The number of nitrogens with two attached hydrogens (primary N) is 1. The topological polar surface area (TPSA) is 137 Å². The van der Waals surface area contributed by atoms with Crippen molar-refractivity contribution in [3.63, 3.8) is 0 Å². The number of amides is 1. The third-order valence-electron chi connectivity index (χ3n) is 11.4. The van der Waals surface area contributed by atoms with Crippen molar-refractivity contribution in [3.8, 4) is 6.07 Å². The van der Waals surface area contributed by atoms with E-state index >= 15 is 0 Å². The van der Waals surface area contributed by atoms with Gasteiger partial charge in [0, 0.05) is 66.3 Å². The number of para-hydroxylation sites is 1. The molecule has 0 atom stereocenters. The van der Waals surface area contributed by atoms with Crippen LogP contribution in [0.4, 0.5) is 30.6 Å². The number of likely N-dealkylation sites (tertiary alicyclic amines) is 1. The molecule has 2 bridgehead atoms. The minimum absolute atomic E-state index is 0.000901. The van der Waals surface area contributed by atoms with Crippen LogP contribution in [0.2, 0.25) is 0 Å². The van der Waals surface area contributed by atoms with Gasteiger partial charge >= 0.3 is 6.18 Å². The van der Waals surface area contributed by atoms with Gasteiger partial charge in [0.25, 0.3) is 0 Å². The van der Waals surface area contributed by atoms with Crippen LogP contribution >= 0.6 is 11.3 Å². The van der Waals surface area contributed by atoms with Crippen LogP contribution in [0.15, 0.2) is 48.5 Å². The van der Waals surface area contributed by atoms with Crippen LogP contribution < -0.4 is 21.7 Å². The third kappa shape index (κ3) is 6.88. The van der Waals surface area contributed by atoms with Crippen LogP contribution in [0.1, 0.15) is 59.4 Å². The minimum atomic E-state index is -4.29. The average molecular weight is 742 g/mol. The molecule has 3 aromatic heterocycles. The first-order valence-corrected chi connectivity index (χ1v) is 18.9. The predicted molar refractivity (Wildman–Crippen MR) is 202 cm³/mol. The van der Waals surface area contributed by atoms with Crippen molar-refractivity contribution in [2.24, 2.45) is 5.41 Å². The SMILES string of the molecule is CNc1nc(NC2CCN(Cc3ccc4c(cc(C#N)n4CC45CC(NC(=O)Cc6ccccc6N)(C4)C5)c3C)CC2)c2cc(CC(F)(F)F)sc2n1. The van der Waals surface area contributed by atoms with Crippen molar-refractivity contribution in [3.05, 3.63) is 75.8 Å². The van der Waals surface area contributed by atoms with Gasteiger partial charge in [0.05, 0.1) is 18.2 Å². The van der Waals surface area contributed by atoms with Gasteiger partial charge in [0.15, 0.2) is 0 Å². The summed E-state index contributed by atoms with van der Waals surface area (Å²) in [4.78, 5) is 25.0. The molecule has 4 heterocycles. The van der Waals surface area contributed by atoms with Gasteiger partial charge in [-0.1, -0.05) is 24.3 Å². The fourth-order valence-corrected chi connectivity index (χ4v) is 10.0. The lowest BCUT2D eigenvalue weighted by Gasteiger charge is -2.70. The largest absolute Gasteiger partial charge is 0.398 e. The Labute approximate surface area is 309 Å². The summed E-state index contributed by atoms with van der Waals surface area (Å²) in [6, 6.07) is 17.9. The monoisotopic (exact) mass is 741 g/mol. The lowest BCUT2D eigenvalue weighted by atomic mass is 9.39. The molecule has 2 aromatic carbocycles. The van der Waals surface area contributed by atoms with Crippen LogP contribution in [-0.4, -0.2) is 63.2 Å². The van der Waals surface area contributed by atoms with Crippen molar-refractivity contribution >= 4 is 55.8 Å². The molecule has 14 heteroatoms. The molecule has 3 aliphatic carbocycles. The molecule has 1 amide bonds. The second-order valence-electron chi connectivity index (χ2n) is 15.3. The van der Waals surface area contributed by atoms with E-state index in [9.17, 15) is 23.2 Å². The Morgan fingerprint density at radius 1 is 1.08 bits per heavy atom. The van der Waals surface area contributed by atoms with E-state index in [4.69, 9.17) is 5.73 Å². The first kappa shape index (κ1) is 35.2. The van der Waals surface area contributed by atoms with Crippen molar-refractivity contribution in [2.45, 2.75) is 82.7 Å². The first-order valence-electron chi connectivity index (χ1n) is 18.0. The molecule has 1 saturated heterocycles. The van der Waals surface area contributed by atoms with Gasteiger partial charge in [-0.2, -0.15) is 23.4 Å². The van der Waals surface area contributed by atoms with E-state index < -0.39 is 12.6 Å². The number of nitriles is 1. The van der Waals surface area contributed by atoms with Crippen LogP contribution in [0, 0.1) is 23.7 Å². The summed E-state index contributed by atoms with van der Waals surface area (Å²) < 4.78 is 41.5. The number of fused-ring (bicyclic) bond motifs is 2. The molecule has 4 fully saturated rings. The second kappa shape index (κ2) is 13.2. The number of carbonyl (C=O) groups is 1. The molecule has 0 unspecified atom stereocenters. The number of benzene rings is 2. The van der Waals surface area contributed by atoms with Gasteiger partial charge in [-0.25, -0.2) is 4.98 Å². The van der Waals surface area contributed by atoms with Crippen LogP contribution in [0.5, 0.6) is 0 Å². The zero-order chi connectivity index (χ0) is 37.1. The Hall–Kier alpha value is -4.87. The molecule has 4 aliphatic rings. The Morgan fingerprint density at radius 2 is 1.83 bits per heavy atom. The van der Waals surface area contributed by atoms with Gasteiger partial charge in [-0.05, 0) is 85.4 Å². The standard InChI is InChI=1S/C39H42F3N9OS/c1-23-25(18-50-11-9-26(10-12-50)46-34-30-15-28(16-39(40,41)42)53-35(30)48-36(45-2)47-34)7-8-32-29(23)14-27(17-43)51(32)22-37-19-38(20-37,21-37)49-33(52)13-24-5-3-4-6-31(24)44/h3-8,14-15,26H,9-13,16,18-22,44H2,1-2H3,(H,49,52)(H2,45,46,47,48). The number of rotatable bonds is 11. The van der Waals surface area contributed by atoms with E-state index in [-0.39, 0.29) is 34.2 Å². The van der Waals surface area contributed by atoms with Crippen molar-refractivity contribution < 1.29 is 18.0 Å². The quantitative estimate of drug-likeness (QED) is 0.107. The smallest absolute Gasteiger partial charge is 0.393 e. The van der Waals surface area contributed by atoms with E-state index in [0.717, 1.165) is 86.1 Å². The second-order valence-corrected chi connectivity index (χ2v) is 16.4. The summed E-state index contributed by atoms with van der Waals surface area (Å²) >= 11 is 1.05. The molecule has 276 valence electrons. The number of thiophene rings is 1. The van der Waals surface area contributed by atoms with Gasteiger partial charge in [-0.15, -0.1) is 11.3 Å². The molecular formula is C39H42F3N9OS. The zero-order valence-electron chi connectivity index (χ0n) is 29.7. The number of hydrogen-bond acceptors (Lipinski definition) is 9. The highest BCUT2D eigenvalue weighted by Gasteiger charge is 2.68. The highest BCUT2D eigenvalue weighted by molar-refractivity contribution is 7.18. The Balaban J connectivity index is 0.890. The third-order valence-corrected chi connectivity index (χ3v) is 12.4. The predicted octanol–water partition coefficient (Wildman–Crippen LogP) is 6.91. The molecule has 1 aliphatic heterocycles. The number of nitrogen functional groups attached to an aromatic ring is 1. The van der Waals surface area contributed by atoms with Gasteiger partial charge in [-0.3, -0.25) is 9.69 Å². The van der Waals surface area contributed by atoms with Crippen LogP contribution in [0.25, 0.3) is 21.1 Å². The number of halogens is 3. The maximum Gasteiger partial charge on any atom is 0.393 e. The lowest BCUT2D eigenvalue weighted by Crippen LogP contribution is -2.75.